The standard InChI is InChI=1S/C21H20N4O2/c1-14-5-3-8-18(11-14)25-15(2)19(13-22-25)21(27)23-16-6-4-7-17(12-16)24-10-9-20(24)26/h3-8,11-13H,9-10H2,1-2H3,(H,23,27). The van der Waals surface area contributed by atoms with Crippen LogP contribution in [0.3, 0.4) is 0 Å². The molecule has 2 heterocycles. The lowest BCUT2D eigenvalue weighted by Gasteiger charge is -2.30. The van der Waals surface area contributed by atoms with E-state index in [9.17, 15) is 9.59 Å². The molecule has 0 radical (unpaired) electrons. The highest BCUT2D eigenvalue weighted by atomic mass is 16.2. The van der Waals surface area contributed by atoms with Crippen molar-refractivity contribution in [2.24, 2.45) is 0 Å². The molecule has 3 aromatic rings. The number of hydrogen-bond acceptors (Lipinski definition) is 3. The van der Waals surface area contributed by atoms with Gasteiger partial charge in [-0.2, -0.15) is 5.10 Å². The molecule has 1 fully saturated rings. The summed E-state index contributed by atoms with van der Waals surface area (Å²) >= 11 is 0. The van der Waals surface area contributed by atoms with Crippen molar-refractivity contribution < 1.29 is 9.59 Å². The van der Waals surface area contributed by atoms with Gasteiger partial charge in [0.25, 0.3) is 5.91 Å². The summed E-state index contributed by atoms with van der Waals surface area (Å²) < 4.78 is 1.76. The normalized spacial score (nSPS) is 13.4. The van der Waals surface area contributed by atoms with Crippen molar-refractivity contribution in [1.82, 2.24) is 9.78 Å². The highest BCUT2D eigenvalue weighted by Gasteiger charge is 2.25. The van der Waals surface area contributed by atoms with E-state index in [0.717, 1.165) is 29.2 Å². The number of amides is 2. The van der Waals surface area contributed by atoms with Crippen LogP contribution in [0.4, 0.5) is 11.4 Å². The van der Waals surface area contributed by atoms with Gasteiger partial charge in [-0.05, 0) is 49.7 Å². The molecule has 4 rings (SSSR count). The maximum absolute atomic E-state index is 12.7. The molecule has 1 aromatic heterocycles. The summed E-state index contributed by atoms with van der Waals surface area (Å²) in [7, 11) is 0. The van der Waals surface area contributed by atoms with Gasteiger partial charge in [0.1, 0.15) is 0 Å². The Labute approximate surface area is 157 Å². The third-order valence-corrected chi connectivity index (χ3v) is 4.77. The van der Waals surface area contributed by atoms with Crippen LogP contribution in [0.2, 0.25) is 0 Å². The summed E-state index contributed by atoms with van der Waals surface area (Å²) in [5.41, 5.74) is 4.79. The summed E-state index contributed by atoms with van der Waals surface area (Å²) in [5, 5.41) is 7.27. The molecule has 6 heteroatoms. The van der Waals surface area contributed by atoms with E-state index < -0.39 is 0 Å². The molecule has 1 aliphatic rings. The highest BCUT2D eigenvalue weighted by Crippen LogP contribution is 2.25. The molecular weight excluding hydrogens is 340 g/mol. The molecule has 0 bridgehead atoms. The van der Waals surface area contributed by atoms with Crippen LogP contribution in [0.1, 0.15) is 28.0 Å². The summed E-state index contributed by atoms with van der Waals surface area (Å²) in [5.74, 6) is -0.118. The largest absolute Gasteiger partial charge is 0.322 e. The molecule has 0 atom stereocenters. The number of benzene rings is 2. The molecule has 2 amide bonds. The fourth-order valence-corrected chi connectivity index (χ4v) is 3.19. The van der Waals surface area contributed by atoms with Gasteiger partial charge in [0.05, 0.1) is 23.1 Å². The Morgan fingerprint density at radius 2 is 1.85 bits per heavy atom. The van der Waals surface area contributed by atoms with E-state index in [4.69, 9.17) is 0 Å². The SMILES string of the molecule is Cc1cccc(-n2ncc(C(=O)Nc3cccc(N4CCC4=O)c3)c2C)c1. The molecule has 6 nitrogen and oxygen atoms in total. The summed E-state index contributed by atoms with van der Waals surface area (Å²) in [6, 6.07) is 15.3. The first kappa shape index (κ1) is 17.0. The molecule has 2 aromatic carbocycles. The third-order valence-electron chi connectivity index (χ3n) is 4.77. The number of carbonyl (C=O) groups excluding carboxylic acids is 2. The van der Waals surface area contributed by atoms with Crippen LogP contribution in [-0.4, -0.2) is 28.1 Å². The van der Waals surface area contributed by atoms with E-state index in [1.807, 2.05) is 62.4 Å². The molecule has 0 unspecified atom stereocenters. The number of nitrogens with zero attached hydrogens (tertiary/aromatic N) is 3. The number of hydrogen-bond donors (Lipinski definition) is 1. The van der Waals surface area contributed by atoms with Gasteiger partial charge in [-0.1, -0.05) is 18.2 Å². The Morgan fingerprint density at radius 1 is 1.07 bits per heavy atom. The van der Waals surface area contributed by atoms with Crippen LogP contribution >= 0.6 is 0 Å². The molecule has 1 aliphatic heterocycles. The predicted molar refractivity (Wildman–Crippen MR) is 104 cm³/mol. The van der Waals surface area contributed by atoms with Gasteiger partial charge in [-0.3, -0.25) is 9.59 Å². The Hall–Kier alpha value is -3.41. The van der Waals surface area contributed by atoms with E-state index in [-0.39, 0.29) is 11.8 Å². The van der Waals surface area contributed by atoms with E-state index >= 15 is 0 Å². The number of anilines is 2. The average Bonchev–Trinajstić information content (AvgIpc) is 3.02. The van der Waals surface area contributed by atoms with E-state index in [2.05, 4.69) is 10.4 Å². The number of β-lactam (4-membered cyclic amide) rings is 1. The molecule has 0 aliphatic carbocycles. The Bertz CT molecular complexity index is 1040. The number of rotatable bonds is 4. The fraction of sp³-hybridized carbons (Fsp3) is 0.190. The lowest BCUT2D eigenvalue weighted by molar-refractivity contribution is -0.122. The topological polar surface area (TPSA) is 67.2 Å². The van der Waals surface area contributed by atoms with Gasteiger partial charge in [-0.15, -0.1) is 0 Å². The molecule has 0 spiro atoms. The zero-order valence-corrected chi connectivity index (χ0v) is 15.3. The summed E-state index contributed by atoms with van der Waals surface area (Å²) in [6.07, 6.45) is 2.16. The van der Waals surface area contributed by atoms with Crippen LogP contribution in [-0.2, 0) is 4.79 Å². The van der Waals surface area contributed by atoms with Crippen molar-refractivity contribution in [3.63, 3.8) is 0 Å². The van der Waals surface area contributed by atoms with Crippen molar-refractivity contribution in [1.29, 1.82) is 0 Å². The van der Waals surface area contributed by atoms with Crippen LogP contribution in [0.5, 0.6) is 0 Å². The smallest absolute Gasteiger partial charge is 0.259 e. The molecule has 1 N–H and O–H groups in total. The maximum Gasteiger partial charge on any atom is 0.259 e. The Balaban J connectivity index is 1.56. The van der Waals surface area contributed by atoms with E-state index in [1.165, 1.54) is 0 Å². The Morgan fingerprint density at radius 3 is 2.56 bits per heavy atom. The lowest BCUT2D eigenvalue weighted by atomic mass is 10.1. The number of aryl methyl sites for hydroxylation is 1. The highest BCUT2D eigenvalue weighted by molar-refractivity contribution is 6.06. The Kier molecular flexibility index (Phi) is 4.24. The second kappa shape index (κ2) is 6.72. The van der Waals surface area contributed by atoms with E-state index in [1.54, 1.807) is 15.8 Å². The minimum absolute atomic E-state index is 0.105. The van der Waals surface area contributed by atoms with Gasteiger partial charge in [0, 0.05) is 24.3 Å². The zero-order valence-electron chi connectivity index (χ0n) is 15.3. The van der Waals surface area contributed by atoms with Crippen LogP contribution in [0.15, 0.2) is 54.7 Å². The molecule has 1 saturated heterocycles. The minimum atomic E-state index is -0.224. The first-order valence-electron chi connectivity index (χ1n) is 8.86. The van der Waals surface area contributed by atoms with Crippen molar-refractivity contribution >= 4 is 23.2 Å². The van der Waals surface area contributed by atoms with Gasteiger partial charge < -0.3 is 10.2 Å². The monoisotopic (exact) mass is 360 g/mol. The second-order valence-electron chi connectivity index (χ2n) is 6.69. The molecule has 136 valence electrons. The predicted octanol–water partition coefficient (Wildman–Crippen LogP) is 3.48. The van der Waals surface area contributed by atoms with Crippen LogP contribution in [0.25, 0.3) is 5.69 Å². The van der Waals surface area contributed by atoms with E-state index in [0.29, 0.717) is 17.7 Å². The van der Waals surface area contributed by atoms with Gasteiger partial charge >= 0.3 is 0 Å². The van der Waals surface area contributed by atoms with Crippen molar-refractivity contribution in [2.45, 2.75) is 20.3 Å². The lowest BCUT2D eigenvalue weighted by Crippen LogP contribution is -2.43. The van der Waals surface area contributed by atoms with Gasteiger partial charge in [0.15, 0.2) is 0 Å². The van der Waals surface area contributed by atoms with Crippen molar-refractivity contribution in [3.8, 4) is 5.69 Å². The molecule has 27 heavy (non-hydrogen) atoms. The van der Waals surface area contributed by atoms with Crippen LogP contribution in [0, 0.1) is 13.8 Å². The zero-order chi connectivity index (χ0) is 19.0. The second-order valence-corrected chi connectivity index (χ2v) is 6.69. The average molecular weight is 360 g/mol. The molecule has 0 saturated carbocycles. The first-order chi connectivity index (χ1) is 13.0. The fourth-order valence-electron chi connectivity index (χ4n) is 3.19. The minimum Gasteiger partial charge on any atom is -0.322 e. The maximum atomic E-state index is 12.7. The van der Waals surface area contributed by atoms with Crippen LogP contribution < -0.4 is 10.2 Å². The summed E-state index contributed by atoms with van der Waals surface area (Å²) in [4.78, 5) is 26.1. The number of carbonyl (C=O) groups is 2. The van der Waals surface area contributed by atoms with Gasteiger partial charge in [0.2, 0.25) is 5.91 Å². The number of aromatic nitrogens is 2. The first-order valence-corrected chi connectivity index (χ1v) is 8.86. The summed E-state index contributed by atoms with van der Waals surface area (Å²) in [6.45, 7) is 4.61. The van der Waals surface area contributed by atoms with Crippen molar-refractivity contribution in [3.05, 3.63) is 71.5 Å². The van der Waals surface area contributed by atoms with Gasteiger partial charge in [-0.25, -0.2) is 4.68 Å². The van der Waals surface area contributed by atoms with Crippen molar-refractivity contribution in [2.75, 3.05) is 16.8 Å². The third kappa shape index (κ3) is 3.21. The molecular formula is C21H20N4O2. The number of nitrogens with one attached hydrogen (secondary N) is 1. The quantitative estimate of drug-likeness (QED) is 0.725.